The van der Waals surface area contributed by atoms with Crippen LogP contribution in [0.5, 0.6) is 5.75 Å². The molecule has 21 heavy (non-hydrogen) atoms. The van der Waals surface area contributed by atoms with Gasteiger partial charge in [0.1, 0.15) is 5.75 Å². The van der Waals surface area contributed by atoms with E-state index in [0.717, 1.165) is 35.4 Å². The molecule has 0 bridgehead atoms. The van der Waals surface area contributed by atoms with Crippen LogP contribution in [0.3, 0.4) is 0 Å². The quantitative estimate of drug-likeness (QED) is 0.917. The van der Waals surface area contributed by atoms with Crippen LogP contribution >= 0.6 is 0 Å². The third-order valence-corrected chi connectivity index (χ3v) is 3.84. The number of nitrogens with zero attached hydrogens (tertiary/aromatic N) is 1. The zero-order valence-electron chi connectivity index (χ0n) is 12.4. The smallest absolute Gasteiger partial charge is 0.255 e. The number of ether oxygens (including phenoxy) is 1. The molecular formula is C17H20N2O2. The van der Waals surface area contributed by atoms with E-state index in [-0.39, 0.29) is 5.56 Å². The highest BCUT2D eigenvalue weighted by atomic mass is 16.5. The van der Waals surface area contributed by atoms with Crippen LogP contribution in [0, 0.1) is 0 Å². The van der Waals surface area contributed by atoms with Crippen LogP contribution in [0.25, 0.3) is 11.3 Å². The van der Waals surface area contributed by atoms with Gasteiger partial charge in [-0.05, 0) is 38.1 Å². The van der Waals surface area contributed by atoms with E-state index >= 15 is 0 Å². The molecule has 1 aliphatic carbocycles. The van der Waals surface area contributed by atoms with Crippen LogP contribution in [0.4, 0.5) is 0 Å². The van der Waals surface area contributed by atoms with Crippen LogP contribution < -0.4 is 15.6 Å². The molecule has 2 aromatic rings. The van der Waals surface area contributed by atoms with Gasteiger partial charge in [-0.1, -0.05) is 18.2 Å². The molecule has 1 aromatic heterocycles. The maximum Gasteiger partial charge on any atom is 0.255 e. The van der Waals surface area contributed by atoms with E-state index in [9.17, 15) is 4.79 Å². The van der Waals surface area contributed by atoms with Gasteiger partial charge in [0, 0.05) is 23.7 Å². The number of methoxy groups -OCH3 is 1. The molecule has 3 rings (SSSR count). The zero-order valence-corrected chi connectivity index (χ0v) is 12.4. The summed E-state index contributed by atoms with van der Waals surface area (Å²) in [7, 11) is 3.51. The Morgan fingerprint density at radius 1 is 1.29 bits per heavy atom. The van der Waals surface area contributed by atoms with E-state index in [1.807, 2.05) is 48.0 Å². The van der Waals surface area contributed by atoms with Crippen molar-refractivity contribution in [2.45, 2.75) is 25.4 Å². The van der Waals surface area contributed by atoms with Gasteiger partial charge < -0.3 is 14.6 Å². The summed E-state index contributed by atoms with van der Waals surface area (Å²) >= 11 is 0. The minimum Gasteiger partial charge on any atom is -0.497 e. The lowest BCUT2D eigenvalue weighted by molar-refractivity contribution is 0.415. The molecule has 110 valence electrons. The number of nitrogens with one attached hydrogen (secondary N) is 1. The predicted octanol–water partition coefficient (Wildman–Crippen LogP) is 2.58. The second-order valence-corrected chi connectivity index (χ2v) is 5.41. The molecule has 0 radical (unpaired) electrons. The minimum absolute atomic E-state index is 0.118. The normalized spacial score (nSPS) is 14.2. The highest BCUT2D eigenvalue weighted by molar-refractivity contribution is 5.62. The van der Waals surface area contributed by atoms with Gasteiger partial charge >= 0.3 is 0 Å². The number of hydrogen-bond donors (Lipinski definition) is 1. The summed E-state index contributed by atoms with van der Waals surface area (Å²) < 4.78 is 7.23. The van der Waals surface area contributed by atoms with Gasteiger partial charge in [0.25, 0.3) is 5.56 Å². The van der Waals surface area contributed by atoms with Crippen molar-refractivity contribution in [3.8, 4) is 17.0 Å². The van der Waals surface area contributed by atoms with Crippen molar-refractivity contribution in [3.05, 3.63) is 52.3 Å². The number of rotatable bonds is 5. The summed E-state index contributed by atoms with van der Waals surface area (Å²) in [6.45, 7) is 0.601. The Bertz CT molecular complexity index is 702. The highest BCUT2D eigenvalue weighted by Gasteiger charge is 2.27. The molecule has 4 nitrogen and oxygen atoms in total. The second kappa shape index (κ2) is 5.74. The lowest BCUT2D eigenvalue weighted by Crippen LogP contribution is -2.26. The molecule has 1 aromatic carbocycles. The first-order valence-electron chi connectivity index (χ1n) is 7.28. The zero-order chi connectivity index (χ0) is 14.8. The summed E-state index contributed by atoms with van der Waals surface area (Å²) in [5, 5.41) is 3.06. The minimum atomic E-state index is 0.118. The maximum absolute atomic E-state index is 12.7. The Balaban J connectivity index is 2.13. The molecule has 4 heteroatoms. The van der Waals surface area contributed by atoms with Gasteiger partial charge in [0.2, 0.25) is 0 Å². The maximum atomic E-state index is 12.7. The van der Waals surface area contributed by atoms with E-state index in [0.29, 0.717) is 12.6 Å². The van der Waals surface area contributed by atoms with Crippen molar-refractivity contribution in [2.75, 3.05) is 14.2 Å². The van der Waals surface area contributed by atoms with E-state index in [1.54, 1.807) is 7.11 Å². The first kappa shape index (κ1) is 13.9. The fourth-order valence-electron chi connectivity index (χ4n) is 2.63. The monoisotopic (exact) mass is 284 g/mol. The molecule has 1 aliphatic rings. The topological polar surface area (TPSA) is 43.3 Å². The van der Waals surface area contributed by atoms with Crippen molar-refractivity contribution < 1.29 is 4.74 Å². The van der Waals surface area contributed by atoms with Gasteiger partial charge in [0.05, 0.1) is 12.8 Å². The SMILES string of the molecule is CNCc1ccc(-c2cccc(OC)c2)n(C2CC2)c1=O. The summed E-state index contributed by atoms with van der Waals surface area (Å²) in [5.41, 5.74) is 2.93. The molecule has 1 N–H and O–H groups in total. The second-order valence-electron chi connectivity index (χ2n) is 5.41. The fourth-order valence-corrected chi connectivity index (χ4v) is 2.63. The standard InChI is InChI=1S/C17H20N2O2/c1-18-11-13-6-9-16(19(17(13)20)14-7-8-14)12-4-3-5-15(10-12)21-2/h3-6,9-10,14,18H,7-8,11H2,1-2H3. The Labute approximate surface area is 124 Å². The van der Waals surface area contributed by atoms with Gasteiger partial charge in [-0.2, -0.15) is 0 Å². The molecule has 0 saturated heterocycles. The van der Waals surface area contributed by atoms with Gasteiger partial charge in [-0.25, -0.2) is 0 Å². The van der Waals surface area contributed by atoms with Crippen LogP contribution in [-0.4, -0.2) is 18.7 Å². The number of benzene rings is 1. The van der Waals surface area contributed by atoms with Crippen LogP contribution in [0.2, 0.25) is 0 Å². The molecule has 0 atom stereocenters. The molecule has 0 unspecified atom stereocenters. The largest absolute Gasteiger partial charge is 0.497 e. The first-order valence-corrected chi connectivity index (χ1v) is 7.28. The molecule has 1 heterocycles. The lowest BCUT2D eigenvalue weighted by atomic mass is 10.1. The van der Waals surface area contributed by atoms with E-state index in [4.69, 9.17) is 4.74 Å². The molecule has 0 aliphatic heterocycles. The number of hydrogen-bond acceptors (Lipinski definition) is 3. The summed E-state index contributed by atoms with van der Waals surface area (Å²) in [4.78, 5) is 12.7. The summed E-state index contributed by atoms with van der Waals surface area (Å²) in [5.74, 6) is 0.807. The Hall–Kier alpha value is -2.07. The summed E-state index contributed by atoms with van der Waals surface area (Å²) in [6, 6.07) is 12.2. The van der Waals surface area contributed by atoms with Gasteiger partial charge in [-0.3, -0.25) is 4.79 Å². The fraction of sp³-hybridized carbons (Fsp3) is 0.353. The van der Waals surface area contributed by atoms with Crippen molar-refractivity contribution in [3.63, 3.8) is 0 Å². The lowest BCUT2D eigenvalue weighted by Gasteiger charge is -2.15. The molecule has 1 saturated carbocycles. The highest BCUT2D eigenvalue weighted by Crippen LogP contribution is 2.37. The number of aromatic nitrogens is 1. The number of pyridine rings is 1. The van der Waals surface area contributed by atoms with Crippen LogP contribution in [0.15, 0.2) is 41.2 Å². The van der Waals surface area contributed by atoms with Crippen LogP contribution in [0.1, 0.15) is 24.4 Å². The van der Waals surface area contributed by atoms with Gasteiger partial charge in [-0.15, -0.1) is 0 Å². The predicted molar refractivity (Wildman–Crippen MR) is 83.7 cm³/mol. The first-order chi connectivity index (χ1) is 10.2. The molecule has 1 fully saturated rings. The molecular weight excluding hydrogens is 264 g/mol. The van der Waals surface area contributed by atoms with Crippen molar-refractivity contribution in [1.29, 1.82) is 0 Å². The average molecular weight is 284 g/mol. The summed E-state index contributed by atoms with van der Waals surface area (Å²) in [6.07, 6.45) is 2.17. The van der Waals surface area contributed by atoms with Crippen molar-refractivity contribution in [2.24, 2.45) is 0 Å². The van der Waals surface area contributed by atoms with Crippen molar-refractivity contribution in [1.82, 2.24) is 9.88 Å². The van der Waals surface area contributed by atoms with E-state index in [1.165, 1.54) is 0 Å². The molecule has 0 amide bonds. The average Bonchev–Trinajstić information content (AvgIpc) is 3.34. The van der Waals surface area contributed by atoms with E-state index < -0.39 is 0 Å². The van der Waals surface area contributed by atoms with E-state index in [2.05, 4.69) is 5.32 Å². The van der Waals surface area contributed by atoms with Gasteiger partial charge in [0.15, 0.2) is 0 Å². The Morgan fingerprint density at radius 3 is 2.76 bits per heavy atom. The third-order valence-electron chi connectivity index (χ3n) is 3.84. The van der Waals surface area contributed by atoms with Crippen molar-refractivity contribution >= 4 is 0 Å². The third kappa shape index (κ3) is 2.72. The van der Waals surface area contributed by atoms with Crippen LogP contribution in [-0.2, 0) is 6.54 Å². The molecule has 0 spiro atoms. The Kier molecular flexibility index (Phi) is 3.80. The Morgan fingerprint density at radius 2 is 2.10 bits per heavy atom.